The van der Waals surface area contributed by atoms with Crippen LogP contribution in [0.1, 0.15) is 37.3 Å². The van der Waals surface area contributed by atoms with Crippen molar-refractivity contribution in [3.63, 3.8) is 0 Å². The number of benzene rings is 2. The highest BCUT2D eigenvalue weighted by atomic mass is 19.4. The first-order valence-corrected chi connectivity index (χ1v) is 9.69. The van der Waals surface area contributed by atoms with Gasteiger partial charge in [-0.25, -0.2) is 4.39 Å². The molecule has 0 aliphatic rings. The molecule has 0 saturated heterocycles. The summed E-state index contributed by atoms with van der Waals surface area (Å²) in [6.45, 7) is 7.11. The molecule has 1 unspecified atom stereocenters. The van der Waals surface area contributed by atoms with Crippen molar-refractivity contribution in [3.05, 3.63) is 83.3 Å². The van der Waals surface area contributed by atoms with Crippen molar-refractivity contribution in [2.45, 2.75) is 38.9 Å². The Balaban J connectivity index is 2.38. The summed E-state index contributed by atoms with van der Waals surface area (Å²) in [5, 5.41) is 5.01. The van der Waals surface area contributed by atoms with Gasteiger partial charge in [-0.1, -0.05) is 38.6 Å². The van der Waals surface area contributed by atoms with Gasteiger partial charge in [0.25, 0.3) is 5.91 Å². The van der Waals surface area contributed by atoms with Gasteiger partial charge < -0.3 is 16.4 Å². The highest BCUT2D eigenvalue weighted by molar-refractivity contribution is 6.06. The lowest BCUT2D eigenvalue weighted by atomic mass is 9.98. The van der Waals surface area contributed by atoms with Gasteiger partial charge in [0.15, 0.2) is 0 Å². The van der Waals surface area contributed by atoms with Crippen LogP contribution in [0.5, 0.6) is 0 Å². The van der Waals surface area contributed by atoms with Crippen molar-refractivity contribution >= 4 is 17.3 Å². The Hall–Kier alpha value is -3.13. The molecule has 1 atom stereocenters. The van der Waals surface area contributed by atoms with E-state index in [4.69, 9.17) is 5.73 Å². The van der Waals surface area contributed by atoms with Gasteiger partial charge in [-0.2, -0.15) is 13.2 Å². The minimum absolute atomic E-state index is 0.119. The minimum atomic E-state index is -4.73. The maximum absolute atomic E-state index is 14.3. The molecule has 0 fully saturated rings. The summed E-state index contributed by atoms with van der Waals surface area (Å²) in [7, 11) is 0. The van der Waals surface area contributed by atoms with E-state index < -0.39 is 29.2 Å². The van der Waals surface area contributed by atoms with Crippen LogP contribution in [0.25, 0.3) is 0 Å². The van der Waals surface area contributed by atoms with E-state index in [9.17, 15) is 22.4 Å². The van der Waals surface area contributed by atoms with E-state index >= 15 is 0 Å². The van der Waals surface area contributed by atoms with Gasteiger partial charge in [0.1, 0.15) is 11.5 Å². The van der Waals surface area contributed by atoms with E-state index in [-0.39, 0.29) is 18.2 Å². The maximum Gasteiger partial charge on any atom is 0.415 e. The van der Waals surface area contributed by atoms with Gasteiger partial charge in [0.2, 0.25) is 0 Å². The molecule has 166 valence electrons. The summed E-state index contributed by atoms with van der Waals surface area (Å²) < 4.78 is 53.3. The summed E-state index contributed by atoms with van der Waals surface area (Å²) in [5.74, 6) is -1.52. The second-order valence-electron chi connectivity index (χ2n) is 7.11. The standard InChI is InChI=1S/C23H25F4N3O/c1-4-14(2)17-8-9-19(24)20(12-17)30-22(31)21(10-15(3)23(25,26)27)29-18-7-5-6-16(11-18)13-28/h5-12,14,29H,3-4,13,28H2,1-2H3,(H,30,31)/b21-10-. The third-order valence-electron chi connectivity index (χ3n) is 4.79. The van der Waals surface area contributed by atoms with E-state index in [1.54, 1.807) is 30.3 Å². The van der Waals surface area contributed by atoms with Crippen molar-refractivity contribution in [3.8, 4) is 0 Å². The Kier molecular flexibility index (Phi) is 7.99. The molecule has 0 aromatic heterocycles. The molecule has 0 aliphatic heterocycles. The number of nitrogens with one attached hydrogen (secondary N) is 2. The molecular weight excluding hydrogens is 410 g/mol. The lowest BCUT2D eigenvalue weighted by Crippen LogP contribution is -2.22. The number of hydrogen-bond acceptors (Lipinski definition) is 3. The molecule has 1 amide bonds. The van der Waals surface area contributed by atoms with Gasteiger partial charge in [-0.3, -0.25) is 4.79 Å². The number of anilines is 2. The van der Waals surface area contributed by atoms with E-state index in [0.717, 1.165) is 12.0 Å². The third kappa shape index (κ3) is 6.68. The summed E-state index contributed by atoms with van der Waals surface area (Å²) in [6, 6.07) is 10.9. The number of allylic oxidation sites excluding steroid dienone is 2. The predicted octanol–water partition coefficient (Wildman–Crippen LogP) is 5.85. The first kappa shape index (κ1) is 24.1. The van der Waals surface area contributed by atoms with Gasteiger partial charge in [-0.05, 0) is 53.8 Å². The number of halogens is 4. The average molecular weight is 435 g/mol. The second kappa shape index (κ2) is 10.3. The molecule has 2 rings (SSSR count). The maximum atomic E-state index is 14.3. The summed E-state index contributed by atoms with van der Waals surface area (Å²) >= 11 is 0. The number of alkyl halides is 3. The largest absolute Gasteiger partial charge is 0.415 e. The van der Waals surface area contributed by atoms with E-state index in [1.165, 1.54) is 12.1 Å². The van der Waals surface area contributed by atoms with Crippen LogP contribution >= 0.6 is 0 Å². The molecule has 2 aromatic rings. The van der Waals surface area contributed by atoms with Gasteiger partial charge in [0.05, 0.1) is 11.3 Å². The molecule has 8 heteroatoms. The monoisotopic (exact) mass is 435 g/mol. The molecule has 0 heterocycles. The van der Waals surface area contributed by atoms with E-state index in [0.29, 0.717) is 17.3 Å². The predicted molar refractivity (Wildman–Crippen MR) is 115 cm³/mol. The fourth-order valence-corrected chi connectivity index (χ4v) is 2.72. The highest BCUT2D eigenvalue weighted by Crippen LogP contribution is 2.28. The summed E-state index contributed by atoms with van der Waals surface area (Å²) in [4.78, 5) is 12.8. The zero-order valence-corrected chi connectivity index (χ0v) is 17.3. The first-order valence-electron chi connectivity index (χ1n) is 9.69. The first-order chi connectivity index (χ1) is 14.5. The number of carbonyl (C=O) groups is 1. The Morgan fingerprint density at radius 1 is 1.19 bits per heavy atom. The minimum Gasteiger partial charge on any atom is -0.351 e. The normalized spacial score (nSPS) is 12.9. The van der Waals surface area contributed by atoms with Crippen LogP contribution in [-0.2, 0) is 11.3 Å². The van der Waals surface area contributed by atoms with Crippen LogP contribution < -0.4 is 16.4 Å². The smallest absolute Gasteiger partial charge is 0.351 e. The van der Waals surface area contributed by atoms with Crippen LogP contribution in [0.15, 0.2) is 66.4 Å². The fourth-order valence-electron chi connectivity index (χ4n) is 2.72. The fraction of sp³-hybridized carbons (Fsp3) is 0.261. The lowest BCUT2D eigenvalue weighted by molar-refractivity contribution is -0.112. The molecular formula is C23H25F4N3O. The Morgan fingerprint density at radius 2 is 1.90 bits per heavy atom. The van der Waals surface area contributed by atoms with Crippen LogP contribution in [0.2, 0.25) is 0 Å². The number of amides is 1. The molecule has 31 heavy (non-hydrogen) atoms. The number of nitrogens with two attached hydrogens (primary N) is 1. The quantitative estimate of drug-likeness (QED) is 0.277. The molecule has 0 saturated carbocycles. The number of hydrogen-bond donors (Lipinski definition) is 3. The van der Waals surface area contributed by atoms with Crippen molar-refractivity contribution in [2.75, 3.05) is 10.6 Å². The zero-order valence-electron chi connectivity index (χ0n) is 17.3. The van der Waals surface area contributed by atoms with Crippen LogP contribution in [-0.4, -0.2) is 12.1 Å². The third-order valence-corrected chi connectivity index (χ3v) is 4.79. The lowest BCUT2D eigenvalue weighted by Gasteiger charge is -2.16. The van der Waals surface area contributed by atoms with Crippen molar-refractivity contribution in [1.29, 1.82) is 0 Å². The van der Waals surface area contributed by atoms with Crippen molar-refractivity contribution in [2.24, 2.45) is 5.73 Å². The molecule has 4 nitrogen and oxygen atoms in total. The molecule has 0 spiro atoms. The summed E-state index contributed by atoms with van der Waals surface area (Å²) in [5.41, 5.74) is 5.67. The Morgan fingerprint density at radius 3 is 2.52 bits per heavy atom. The number of rotatable bonds is 8. The molecule has 0 bridgehead atoms. The van der Waals surface area contributed by atoms with Crippen LogP contribution in [0, 0.1) is 5.82 Å². The Labute approximate surface area is 178 Å². The van der Waals surface area contributed by atoms with Gasteiger partial charge in [-0.15, -0.1) is 0 Å². The number of carbonyl (C=O) groups excluding carboxylic acids is 1. The molecule has 0 radical (unpaired) electrons. The van der Waals surface area contributed by atoms with Crippen molar-refractivity contribution in [1.82, 2.24) is 0 Å². The zero-order chi connectivity index (χ0) is 23.2. The molecule has 4 N–H and O–H groups in total. The average Bonchev–Trinajstić information content (AvgIpc) is 2.73. The van der Waals surface area contributed by atoms with Gasteiger partial charge >= 0.3 is 6.18 Å². The topological polar surface area (TPSA) is 67.1 Å². The van der Waals surface area contributed by atoms with Crippen LogP contribution in [0.4, 0.5) is 28.9 Å². The SMILES string of the molecule is C=C(/C=C(\Nc1cccc(CN)c1)C(=O)Nc1cc(C(C)CC)ccc1F)C(F)(F)F. The molecule has 0 aliphatic carbocycles. The second-order valence-corrected chi connectivity index (χ2v) is 7.11. The van der Waals surface area contributed by atoms with Crippen molar-refractivity contribution < 1.29 is 22.4 Å². The summed E-state index contributed by atoms with van der Waals surface area (Å²) in [6.07, 6.45) is -3.34. The van der Waals surface area contributed by atoms with Gasteiger partial charge in [0, 0.05) is 12.2 Å². The van der Waals surface area contributed by atoms with E-state index in [1.807, 2.05) is 13.8 Å². The van der Waals surface area contributed by atoms with Crippen LogP contribution in [0.3, 0.4) is 0 Å². The highest BCUT2D eigenvalue weighted by Gasteiger charge is 2.31. The molecule has 2 aromatic carbocycles. The Bertz CT molecular complexity index is 983. The van der Waals surface area contributed by atoms with E-state index in [2.05, 4.69) is 17.2 Å².